The Kier molecular flexibility index (Phi) is 3.84. The van der Waals surface area contributed by atoms with Crippen molar-refractivity contribution < 1.29 is 14.3 Å². The summed E-state index contributed by atoms with van der Waals surface area (Å²) in [6, 6.07) is 4.00. The number of benzene rings is 1. The predicted octanol–water partition coefficient (Wildman–Crippen LogP) is 2.53. The number of Topliss-reactive ketones (excluding diaryl/α,β-unsaturated/α-hetero) is 1. The van der Waals surface area contributed by atoms with Gasteiger partial charge in [0.25, 0.3) is 0 Å². The number of hydrogen-bond donors (Lipinski definition) is 0. The van der Waals surface area contributed by atoms with E-state index in [0.717, 1.165) is 22.2 Å². The summed E-state index contributed by atoms with van der Waals surface area (Å²) in [4.78, 5) is 11.9. The highest BCUT2D eigenvalue weighted by Crippen LogP contribution is 2.33. The van der Waals surface area contributed by atoms with Crippen LogP contribution in [0.15, 0.2) is 16.6 Å². The molecular formula is C13H15BrO3. The minimum absolute atomic E-state index is 0.0725. The molecule has 1 aliphatic heterocycles. The van der Waals surface area contributed by atoms with Gasteiger partial charge < -0.3 is 9.47 Å². The molecule has 0 radical (unpaired) electrons. The molecule has 0 aromatic heterocycles. The first-order chi connectivity index (χ1) is 8.11. The van der Waals surface area contributed by atoms with E-state index >= 15 is 0 Å². The number of hydrogen-bond acceptors (Lipinski definition) is 3. The molecule has 0 aliphatic carbocycles. The Hall–Kier alpha value is -0.870. The molecule has 0 saturated heterocycles. The van der Waals surface area contributed by atoms with Crippen molar-refractivity contribution >= 4 is 21.7 Å². The molecule has 17 heavy (non-hydrogen) atoms. The van der Waals surface area contributed by atoms with Crippen molar-refractivity contribution in [2.24, 2.45) is 0 Å². The quantitative estimate of drug-likeness (QED) is 0.857. The Morgan fingerprint density at radius 2 is 2.35 bits per heavy atom. The molecule has 0 saturated carbocycles. The maximum atomic E-state index is 11.9. The van der Waals surface area contributed by atoms with Crippen LogP contribution >= 0.6 is 15.9 Å². The molecule has 92 valence electrons. The maximum absolute atomic E-state index is 11.9. The summed E-state index contributed by atoms with van der Waals surface area (Å²) < 4.78 is 11.6. The lowest BCUT2D eigenvalue weighted by molar-refractivity contribution is -0.127. The fourth-order valence-electron chi connectivity index (χ4n) is 1.94. The third kappa shape index (κ3) is 2.69. The number of carbonyl (C=O) groups excluding carboxylic acids is 1. The van der Waals surface area contributed by atoms with Gasteiger partial charge >= 0.3 is 0 Å². The van der Waals surface area contributed by atoms with E-state index in [1.54, 1.807) is 14.0 Å². The van der Waals surface area contributed by atoms with Crippen LogP contribution in [-0.4, -0.2) is 25.6 Å². The second kappa shape index (κ2) is 5.19. The van der Waals surface area contributed by atoms with Crippen molar-refractivity contribution in [3.05, 3.63) is 27.7 Å². The van der Waals surface area contributed by atoms with Crippen LogP contribution in [0.3, 0.4) is 0 Å². The Bertz CT molecular complexity index is 443. The number of ether oxygens (including phenoxy) is 2. The summed E-state index contributed by atoms with van der Waals surface area (Å²) >= 11 is 3.46. The van der Waals surface area contributed by atoms with Gasteiger partial charge in [-0.1, -0.05) is 15.9 Å². The lowest BCUT2D eigenvalue weighted by Gasteiger charge is -2.11. The SMILES string of the molecule is COC(C)C(=O)Cc1cc(Br)cc2c1OCC2. The zero-order valence-corrected chi connectivity index (χ0v) is 11.5. The van der Waals surface area contributed by atoms with Crippen molar-refractivity contribution in [3.63, 3.8) is 0 Å². The number of ketones is 1. The minimum Gasteiger partial charge on any atom is -0.493 e. The highest BCUT2D eigenvalue weighted by atomic mass is 79.9. The molecule has 1 aromatic carbocycles. The van der Waals surface area contributed by atoms with Gasteiger partial charge in [0.15, 0.2) is 5.78 Å². The molecule has 0 N–H and O–H groups in total. The number of carbonyl (C=O) groups is 1. The number of fused-ring (bicyclic) bond motifs is 1. The molecule has 2 rings (SSSR count). The van der Waals surface area contributed by atoms with Crippen molar-refractivity contribution in [3.8, 4) is 5.75 Å². The van der Waals surface area contributed by atoms with E-state index in [2.05, 4.69) is 22.0 Å². The van der Waals surface area contributed by atoms with E-state index in [0.29, 0.717) is 13.0 Å². The molecule has 0 bridgehead atoms. The average molecular weight is 299 g/mol. The highest BCUT2D eigenvalue weighted by Gasteiger charge is 2.21. The second-order valence-electron chi connectivity index (χ2n) is 4.17. The zero-order chi connectivity index (χ0) is 12.4. The van der Waals surface area contributed by atoms with E-state index in [1.165, 1.54) is 5.56 Å². The number of methoxy groups -OCH3 is 1. The lowest BCUT2D eigenvalue weighted by Crippen LogP contribution is -2.21. The fourth-order valence-corrected chi connectivity index (χ4v) is 2.49. The summed E-state index contributed by atoms with van der Waals surface area (Å²) in [5.41, 5.74) is 2.12. The molecule has 1 heterocycles. The van der Waals surface area contributed by atoms with Gasteiger partial charge in [-0.25, -0.2) is 0 Å². The summed E-state index contributed by atoms with van der Waals surface area (Å²) in [6.45, 7) is 2.47. The third-order valence-electron chi connectivity index (χ3n) is 3.00. The van der Waals surface area contributed by atoms with Crippen LogP contribution in [0, 0.1) is 0 Å². The van der Waals surface area contributed by atoms with Gasteiger partial charge in [0, 0.05) is 30.0 Å². The van der Waals surface area contributed by atoms with Gasteiger partial charge in [-0.05, 0) is 24.6 Å². The van der Waals surface area contributed by atoms with Crippen LogP contribution in [-0.2, 0) is 22.4 Å². The van der Waals surface area contributed by atoms with Crippen LogP contribution in [0.2, 0.25) is 0 Å². The summed E-state index contributed by atoms with van der Waals surface area (Å²) in [6.07, 6.45) is 0.901. The average Bonchev–Trinajstić information content (AvgIpc) is 2.75. The third-order valence-corrected chi connectivity index (χ3v) is 3.45. The Labute approximate surface area is 109 Å². The lowest BCUT2D eigenvalue weighted by atomic mass is 10.0. The van der Waals surface area contributed by atoms with Crippen molar-refractivity contribution in [2.45, 2.75) is 25.9 Å². The predicted molar refractivity (Wildman–Crippen MR) is 68.5 cm³/mol. The topological polar surface area (TPSA) is 35.5 Å². The Balaban J connectivity index is 2.24. The largest absolute Gasteiger partial charge is 0.493 e. The normalized spacial score (nSPS) is 15.2. The van der Waals surface area contributed by atoms with Crippen molar-refractivity contribution in [2.75, 3.05) is 13.7 Å². The molecular weight excluding hydrogens is 284 g/mol. The molecule has 0 spiro atoms. The zero-order valence-electron chi connectivity index (χ0n) is 9.96. The van der Waals surface area contributed by atoms with E-state index < -0.39 is 0 Å². The molecule has 3 nitrogen and oxygen atoms in total. The minimum atomic E-state index is -0.369. The highest BCUT2D eigenvalue weighted by molar-refractivity contribution is 9.10. The Morgan fingerprint density at radius 1 is 1.59 bits per heavy atom. The van der Waals surface area contributed by atoms with Crippen molar-refractivity contribution in [1.29, 1.82) is 0 Å². The van der Waals surface area contributed by atoms with E-state index in [9.17, 15) is 4.79 Å². The summed E-state index contributed by atoms with van der Waals surface area (Å²) in [7, 11) is 1.55. The van der Waals surface area contributed by atoms with Gasteiger partial charge in [0.2, 0.25) is 0 Å². The van der Waals surface area contributed by atoms with E-state index in [1.807, 2.05) is 6.07 Å². The number of halogens is 1. The first kappa shape index (κ1) is 12.6. The van der Waals surface area contributed by atoms with Crippen LogP contribution in [0.1, 0.15) is 18.1 Å². The molecule has 1 unspecified atom stereocenters. The summed E-state index contributed by atoms with van der Waals surface area (Å²) in [5, 5.41) is 0. The Morgan fingerprint density at radius 3 is 3.06 bits per heavy atom. The smallest absolute Gasteiger partial charge is 0.165 e. The fraction of sp³-hybridized carbons (Fsp3) is 0.462. The number of rotatable bonds is 4. The molecule has 0 fully saturated rings. The molecule has 0 amide bonds. The van der Waals surface area contributed by atoms with Gasteiger partial charge in [-0.3, -0.25) is 4.79 Å². The standard InChI is InChI=1S/C13H15BrO3/c1-8(16-2)12(15)7-10-6-11(14)5-9-3-4-17-13(9)10/h5-6,8H,3-4,7H2,1-2H3. The van der Waals surface area contributed by atoms with Crippen molar-refractivity contribution in [1.82, 2.24) is 0 Å². The molecule has 1 aromatic rings. The van der Waals surface area contributed by atoms with Gasteiger partial charge in [0.1, 0.15) is 11.9 Å². The monoisotopic (exact) mass is 298 g/mol. The molecule has 1 atom stereocenters. The van der Waals surface area contributed by atoms with Crippen LogP contribution in [0.5, 0.6) is 5.75 Å². The van der Waals surface area contributed by atoms with E-state index in [4.69, 9.17) is 9.47 Å². The first-order valence-corrected chi connectivity index (χ1v) is 6.40. The van der Waals surface area contributed by atoms with Crippen LogP contribution in [0.25, 0.3) is 0 Å². The van der Waals surface area contributed by atoms with Gasteiger partial charge in [-0.2, -0.15) is 0 Å². The van der Waals surface area contributed by atoms with Gasteiger partial charge in [0.05, 0.1) is 6.61 Å². The molecule has 4 heteroatoms. The first-order valence-electron chi connectivity index (χ1n) is 5.61. The van der Waals surface area contributed by atoms with Crippen LogP contribution < -0.4 is 4.74 Å². The van der Waals surface area contributed by atoms with Crippen LogP contribution in [0.4, 0.5) is 0 Å². The van der Waals surface area contributed by atoms with Gasteiger partial charge in [-0.15, -0.1) is 0 Å². The maximum Gasteiger partial charge on any atom is 0.165 e. The van der Waals surface area contributed by atoms with E-state index in [-0.39, 0.29) is 11.9 Å². The summed E-state index contributed by atoms with van der Waals surface area (Å²) in [5.74, 6) is 0.952. The second-order valence-corrected chi connectivity index (χ2v) is 5.09. The molecule has 1 aliphatic rings.